The molecule has 0 unspecified atom stereocenters. The summed E-state index contributed by atoms with van der Waals surface area (Å²) < 4.78 is 29.4. The minimum Gasteiger partial charge on any atom is -0.481 e. The van der Waals surface area contributed by atoms with Crippen LogP contribution in [0.25, 0.3) is 0 Å². The molecule has 1 N–H and O–H groups in total. The summed E-state index contributed by atoms with van der Waals surface area (Å²) in [5, 5.41) is 8.80. The van der Waals surface area contributed by atoms with Gasteiger partial charge in [0, 0.05) is 13.2 Å². The van der Waals surface area contributed by atoms with E-state index in [1.165, 1.54) is 0 Å². The second kappa shape index (κ2) is 5.17. The lowest BCUT2D eigenvalue weighted by atomic mass is 10.0. The van der Waals surface area contributed by atoms with E-state index in [1.807, 2.05) is 0 Å². The zero-order chi connectivity index (χ0) is 13.2. The van der Waals surface area contributed by atoms with E-state index in [-0.39, 0.29) is 23.8 Å². The Hall–Kier alpha value is -0.620. The van der Waals surface area contributed by atoms with E-state index >= 15 is 0 Å². The normalized spacial score (nSPS) is 23.8. The molecule has 2 rings (SSSR count). The smallest absolute Gasteiger partial charge is 0.303 e. The van der Waals surface area contributed by atoms with Crippen LogP contribution >= 0.6 is 0 Å². The van der Waals surface area contributed by atoms with E-state index in [2.05, 4.69) is 0 Å². The molecule has 104 valence electrons. The largest absolute Gasteiger partial charge is 0.481 e. The summed E-state index contributed by atoms with van der Waals surface area (Å²) in [7, 11) is -3.14. The third-order valence-corrected chi connectivity index (χ3v) is 5.87. The van der Waals surface area contributed by atoms with Crippen molar-refractivity contribution >= 4 is 15.8 Å². The molecule has 1 aliphatic carbocycles. The maximum absolute atomic E-state index is 12.1. The Morgan fingerprint density at radius 2 is 1.89 bits per heavy atom. The van der Waals surface area contributed by atoms with Crippen molar-refractivity contribution in [3.8, 4) is 0 Å². The molecular formula is C12H20O5S. The fraction of sp³-hybridized carbons (Fsp3) is 0.917. The minimum atomic E-state index is -3.14. The molecule has 0 bridgehead atoms. The van der Waals surface area contributed by atoms with Gasteiger partial charge in [-0.25, -0.2) is 8.42 Å². The van der Waals surface area contributed by atoms with Crippen LogP contribution in [0.3, 0.4) is 0 Å². The van der Waals surface area contributed by atoms with Gasteiger partial charge in [0.05, 0.1) is 17.9 Å². The second-order valence-corrected chi connectivity index (χ2v) is 7.79. The SMILES string of the molecule is O=C(O)CC1(CS(=O)(=O)CC2CCOCC2)CC1. The van der Waals surface area contributed by atoms with Gasteiger partial charge < -0.3 is 9.84 Å². The predicted octanol–water partition coefficient (Wildman–Crippen LogP) is 1.08. The first-order valence-electron chi connectivity index (χ1n) is 6.41. The molecule has 1 heterocycles. The first kappa shape index (κ1) is 13.8. The van der Waals surface area contributed by atoms with Gasteiger partial charge in [0.25, 0.3) is 0 Å². The van der Waals surface area contributed by atoms with Crippen LogP contribution < -0.4 is 0 Å². The molecular weight excluding hydrogens is 256 g/mol. The maximum Gasteiger partial charge on any atom is 0.303 e. The zero-order valence-corrected chi connectivity index (χ0v) is 11.2. The summed E-state index contributed by atoms with van der Waals surface area (Å²) in [5.41, 5.74) is -0.462. The average Bonchev–Trinajstić information content (AvgIpc) is 2.95. The number of hydrogen-bond donors (Lipinski definition) is 1. The predicted molar refractivity (Wildman–Crippen MR) is 66.1 cm³/mol. The van der Waals surface area contributed by atoms with E-state index < -0.39 is 21.2 Å². The van der Waals surface area contributed by atoms with Gasteiger partial charge in [0.2, 0.25) is 0 Å². The average molecular weight is 276 g/mol. The first-order chi connectivity index (χ1) is 8.41. The molecule has 0 aromatic rings. The molecule has 18 heavy (non-hydrogen) atoms. The molecule has 1 saturated heterocycles. The standard InChI is InChI=1S/C12H20O5S/c13-11(14)7-12(3-4-12)9-18(15,16)8-10-1-5-17-6-2-10/h10H,1-9H2,(H,13,14). The molecule has 2 aliphatic rings. The van der Waals surface area contributed by atoms with Gasteiger partial charge in [-0.15, -0.1) is 0 Å². The Morgan fingerprint density at radius 3 is 2.39 bits per heavy atom. The lowest BCUT2D eigenvalue weighted by molar-refractivity contribution is -0.138. The highest BCUT2D eigenvalue weighted by molar-refractivity contribution is 7.91. The third kappa shape index (κ3) is 3.95. The topological polar surface area (TPSA) is 80.7 Å². The third-order valence-electron chi connectivity index (χ3n) is 3.84. The highest BCUT2D eigenvalue weighted by atomic mass is 32.2. The van der Waals surface area contributed by atoms with Crippen molar-refractivity contribution in [3.63, 3.8) is 0 Å². The molecule has 0 radical (unpaired) electrons. The Morgan fingerprint density at radius 1 is 1.28 bits per heavy atom. The fourth-order valence-corrected chi connectivity index (χ4v) is 5.16. The van der Waals surface area contributed by atoms with Crippen molar-refractivity contribution in [2.24, 2.45) is 11.3 Å². The van der Waals surface area contributed by atoms with Crippen LogP contribution in [0, 0.1) is 11.3 Å². The van der Waals surface area contributed by atoms with Gasteiger partial charge in [-0.05, 0) is 37.0 Å². The molecule has 5 nitrogen and oxygen atoms in total. The first-order valence-corrected chi connectivity index (χ1v) is 8.23. The number of aliphatic carboxylic acids is 1. The summed E-state index contributed by atoms with van der Waals surface area (Å²) in [4.78, 5) is 10.7. The number of carbonyl (C=O) groups is 1. The number of carboxylic acids is 1. The van der Waals surface area contributed by atoms with Crippen LogP contribution in [0.1, 0.15) is 32.1 Å². The monoisotopic (exact) mass is 276 g/mol. The fourth-order valence-electron chi connectivity index (χ4n) is 2.67. The molecule has 0 spiro atoms. The molecule has 6 heteroatoms. The van der Waals surface area contributed by atoms with Gasteiger partial charge in [-0.1, -0.05) is 0 Å². The van der Waals surface area contributed by atoms with E-state index in [9.17, 15) is 13.2 Å². The molecule has 0 atom stereocenters. The summed E-state index contributed by atoms with van der Waals surface area (Å²) in [6.07, 6.45) is 3.04. The molecule has 1 saturated carbocycles. The van der Waals surface area contributed by atoms with Gasteiger partial charge in [0.1, 0.15) is 0 Å². The Balaban J connectivity index is 1.89. The van der Waals surface area contributed by atoms with Gasteiger partial charge >= 0.3 is 5.97 Å². The molecule has 0 aromatic heterocycles. The van der Waals surface area contributed by atoms with Crippen LogP contribution in [0.2, 0.25) is 0 Å². The Kier molecular flexibility index (Phi) is 3.96. The van der Waals surface area contributed by atoms with Crippen molar-refractivity contribution in [1.29, 1.82) is 0 Å². The number of sulfone groups is 1. The highest BCUT2D eigenvalue weighted by Crippen LogP contribution is 2.50. The van der Waals surface area contributed by atoms with E-state index in [0.29, 0.717) is 13.2 Å². The van der Waals surface area contributed by atoms with Crippen LogP contribution in [-0.4, -0.2) is 44.2 Å². The summed E-state index contributed by atoms with van der Waals surface area (Å²) in [5.74, 6) is -0.473. The number of hydrogen-bond acceptors (Lipinski definition) is 4. The van der Waals surface area contributed by atoms with Crippen molar-refractivity contribution in [2.45, 2.75) is 32.1 Å². The van der Waals surface area contributed by atoms with Crippen LogP contribution in [0.4, 0.5) is 0 Å². The highest BCUT2D eigenvalue weighted by Gasteiger charge is 2.47. The second-order valence-electron chi connectivity index (χ2n) is 5.68. The van der Waals surface area contributed by atoms with Crippen molar-refractivity contribution in [1.82, 2.24) is 0 Å². The van der Waals surface area contributed by atoms with Crippen molar-refractivity contribution in [2.75, 3.05) is 24.7 Å². The quantitative estimate of drug-likeness (QED) is 0.785. The molecule has 2 fully saturated rings. The van der Waals surface area contributed by atoms with Gasteiger partial charge in [-0.2, -0.15) is 0 Å². The van der Waals surface area contributed by atoms with E-state index in [0.717, 1.165) is 25.7 Å². The van der Waals surface area contributed by atoms with Crippen LogP contribution in [-0.2, 0) is 19.4 Å². The van der Waals surface area contributed by atoms with E-state index in [4.69, 9.17) is 9.84 Å². The molecule has 0 aromatic carbocycles. The summed E-state index contributed by atoms with van der Waals surface area (Å²) in [6, 6.07) is 0. The summed E-state index contributed by atoms with van der Waals surface area (Å²) >= 11 is 0. The lowest BCUT2D eigenvalue weighted by Crippen LogP contribution is -2.28. The van der Waals surface area contributed by atoms with Gasteiger partial charge in [-0.3, -0.25) is 4.79 Å². The van der Waals surface area contributed by atoms with E-state index in [1.54, 1.807) is 0 Å². The maximum atomic E-state index is 12.1. The minimum absolute atomic E-state index is 0.0139. The number of carboxylic acid groups (broad SMARTS) is 1. The van der Waals surface area contributed by atoms with Crippen LogP contribution in [0.5, 0.6) is 0 Å². The van der Waals surface area contributed by atoms with Gasteiger partial charge in [0.15, 0.2) is 9.84 Å². The van der Waals surface area contributed by atoms with Crippen LogP contribution in [0.15, 0.2) is 0 Å². The van der Waals surface area contributed by atoms with Crippen molar-refractivity contribution in [3.05, 3.63) is 0 Å². The lowest BCUT2D eigenvalue weighted by Gasteiger charge is -2.22. The Bertz CT molecular complexity index is 404. The summed E-state index contributed by atoms with van der Waals surface area (Å²) in [6.45, 7) is 1.28. The zero-order valence-electron chi connectivity index (χ0n) is 10.4. The molecule has 1 aliphatic heterocycles. The van der Waals surface area contributed by atoms with Crippen molar-refractivity contribution < 1.29 is 23.1 Å². The molecule has 0 amide bonds. The number of ether oxygens (including phenoxy) is 1. The Labute approximate surface area is 107 Å². The number of rotatable bonds is 6.